The van der Waals surface area contributed by atoms with Crippen molar-refractivity contribution in [2.75, 3.05) is 11.6 Å². The number of para-hydroxylation sites is 1. The van der Waals surface area contributed by atoms with Crippen LogP contribution < -0.4 is 5.32 Å². The van der Waals surface area contributed by atoms with Crippen molar-refractivity contribution in [3.63, 3.8) is 0 Å². The van der Waals surface area contributed by atoms with E-state index in [1.807, 2.05) is 0 Å². The lowest BCUT2D eigenvalue weighted by Crippen LogP contribution is -2.23. The molecule has 0 fully saturated rings. The average molecular weight is 335 g/mol. The van der Waals surface area contributed by atoms with Gasteiger partial charge in [0.25, 0.3) is 0 Å². The molecule has 23 heavy (non-hydrogen) atoms. The molecule has 4 nitrogen and oxygen atoms in total. The first-order valence-corrected chi connectivity index (χ1v) is 9.01. The smallest absolute Gasteiger partial charge is 0.227 e. The highest BCUT2D eigenvalue weighted by molar-refractivity contribution is 7.90. The fourth-order valence-corrected chi connectivity index (χ4v) is 3.08. The highest BCUT2D eigenvalue weighted by Crippen LogP contribution is 2.22. The van der Waals surface area contributed by atoms with Crippen molar-refractivity contribution in [1.29, 1.82) is 0 Å². The Hall–Kier alpha value is -2.21. The molecule has 122 valence electrons. The maximum Gasteiger partial charge on any atom is 0.227 e. The number of rotatable bonds is 5. The molecule has 0 spiro atoms. The zero-order chi connectivity index (χ0) is 17.0. The minimum absolute atomic E-state index is 0.0615. The van der Waals surface area contributed by atoms with E-state index in [1.165, 1.54) is 18.2 Å². The molecule has 1 unspecified atom stereocenters. The molecule has 0 aliphatic carbocycles. The average Bonchev–Trinajstić information content (AvgIpc) is 2.49. The van der Waals surface area contributed by atoms with Crippen molar-refractivity contribution in [2.45, 2.75) is 18.2 Å². The van der Waals surface area contributed by atoms with Gasteiger partial charge in [-0.1, -0.05) is 37.3 Å². The summed E-state index contributed by atoms with van der Waals surface area (Å²) in [6.45, 7) is 1.67. The van der Waals surface area contributed by atoms with Gasteiger partial charge in [0.05, 0.1) is 10.6 Å². The Bertz CT molecular complexity index is 818. The summed E-state index contributed by atoms with van der Waals surface area (Å²) < 4.78 is 37.1. The van der Waals surface area contributed by atoms with E-state index in [0.29, 0.717) is 5.56 Å². The van der Waals surface area contributed by atoms with Crippen molar-refractivity contribution in [2.24, 2.45) is 5.92 Å². The van der Waals surface area contributed by atoms with Gasteiger partial charge >= 0.3 is 0 Å². The van der Waals surface area contributed by atoms with Gasteiger partial charge in [-0.3, -0.25) is 4.79 Å². The molecule has 1 N–H and O–H groups in total. The normalized spacial score (nSPS) is 12.7. The Labute approximate surface area is 135 Å². The summed E-state index contributed by atoms with van der Waals surface area (Å²) in [6.07, 6.45) is 1.32. The number of hydrogen-bond donors (Lipinski definition) is 1. The summed E-state index contributed by atoms with van der Waals surface area (Å²) in [5, 5.41) is 2.62. The van der Waals surface area contributed by atoms with Gasteiger partial charge in [-0.05, 0) is 30.2 Å². The van der Waals surface area contributed by atoms with Gasteiger partial charge in [0, 0.05) is 12.2 Å². The Morgan fingerprint density at radius 1 is 1.13 bits per heavy atom. The molecule has 2 aromatic rings. The SMILES string of the molecule is CC(Cc1ccccc1F)C(=O)Nc1ccccc1S(C)(=O)=O. The van der Waals surface area contributed by atoms with E-state index in [9.17, 15) is 17.6 Å². The second-order valence-corrected chi connectivity index (χ2v) is 7.44. The van der Waals surface area contributed by atoms with Crippen molar-refractivity contribution in [1.82, 2.24) is 0 Å². The van der Waals surface area contributed by atoms with Gasteiger partial charge in [-0.15, -0.1) is 0 Å². The second kappa shape index (κ2) is 6.91. The lowest BCUT2D eigenvalue weighted by molar-refractivity contribution is -0.119. The molecular weight excluding hydrogens is 317 g/mol. The lowest BCUT2D eigenvalue weighted by atomic mass is 10.00. The summed E-state index contributed by atoms with van der Waals surface area (Å²) in [7, 11) is -3.45. The summed E-state index contributed by atoms with van der Waals surface area (Å²) in [5.74, 6) is -1.22. The van der Waals surface area contributed by atoms with Crippen molar-refractivity contribution in [3.05, 3.63) is 59.9 Å². The van der Waals surface area contributed by atoms with E-state index in [2.05, 4.69) is 5.32 Å². The van der Waals surface area contributed by atoms with Crippen LogP contribution in [0.3, 0.4) is 0 Å². The van der Waals surface area contributed by atoms with Crippen molar-refractivity contribution in [3.8, 4) is 0 Å². The zero-order valence-electron chi connectivity index (χ0n) is 12.9. The number of halogens is 1. The minimum Gasteiger partial charge on any atom is -0.325 e. The van der Waals surface area contributed by atoms with E-state index in [4.69, 9.17) is 0 Å². The van der Waals surface area contributed by atoms with Crippen LogP contribution in [0.1, 0.15) is 12.5 Å². The van der Waals surface area contributed by atoms with Crippen LogP contribution in [0.5, 0.6) is 0 Å². The molecule has 0 bridgehead atoms. The van der Waals surface area contributed by atoms with E-state index in [0.717, 1.165) is 6.26 Å². The first kappa shape index (κ1) is 17.1. The van der Waals surface area contributed by atoms with Crippen LogP contribution in [-0.2, 0) is 21.1 Å². The molecule has 0 aliphatic rings. The third kappa shape index (κ3) is 4.39. The molecule has 0 radical (unpaired) electrons. The predicted molar refractivity (Wildman–Crippen MR) is 87.4 cm³/mol. The molecule has 6 heteroatoms. The molecule has 0 saturated carbocycles. The Morgan fingerprint density at radius 2 is 1.74 bits per heavy atom. The second-order valence-electron chi connectivity index (χ2n) is 5.45. The van der Waals surface area contributed by atoms with Gasteiger partial charge in [0.15, 0.2) is 9.84 Å². The predicted octanol–water partition coefficient (Wildman–Crippen LogP) is 3.05. The van der Waals surface area contributed by atoms with Crippen molar-refractivity contribution >= 4 is 21.4 Å². The highest BCUT2D eigenvalue weighted by Gasteiger charge is 2.19. The quantitative estimate of drug-likeness (QED) is 0.913. The highest BCUT2D eigenvalue weighted by atomic mass is 32.2. The van der Waals surface area contributed by atoms with Gasteiger partial charge in [-0.2, -0.15) is 0 Å². The molecule has 0 heterocycles. The van der Waals surface area contributed by atoms with Crippen LogP contribution in [0.2, 0.25) is 0 Å². The van der Waals surface area contributed by atoms with E-state index < -0.39 is 15.8 Å². The van der Waals surface area contributed by atoms with Crippen LogP contribution in [0, 0.1) is 11.7 Å². The van der Waals surface area contributed by atoms with Crippen LogP contribution in [0.4, 0.5) is 10.1 Å². The number of nitrogens with one attached hydrogen (secondary N) is 1. The monoisotopic (exact) mass is 335 g/mol. The number of sulfone groups is 1. The third-order valence-corrected chi connectivity index (χ3v) is 4.63. The van der Waals surface area contributed by atoms with Crippen LogP contribution in [0.25, 0.3) is 0 Å². The Kier molecular flexibility index (Phi) is 5.15. The van der Waals surface area contributed by atoms with Crippen molar-refractivity contribution < 1.29 is 17.6 Å². The third-order valence-electron chi connectivity index (χ3n) is 3.48. The van der Waals surface area contributed by atoms with E-state index in [-0.39, 0.29) is 28.7 Å². The summed E-state index contributed by atoms with van der Waals surface area (Å²) in [5.41, 5.74) is 0.687. The zero-order valence-corrected chi connectivity index (χ0v) is 13.7. The van der Waals surface area contributed by atoms with Gasteiger partial charge in [-0.25, -0.2) is 12.8 Å². The lowest BCUT2D eigenvalue weighted by Gasteiger charge is -2.14. The number of hydrogen-bond acceptors (Lipinski definition) is 3. The number of anilines is 1. The first-order chi connectivity index (χ1) is 10.8. The fourth-order valence-electron chi connectivity index (χ4n) is 2.24. The molecular formula is C17H18FNO3S. The molecule has 2 rings (SSSR count). The maximum atomic E-state index is 13.6. The minimum atomic E-state index is -3.45. The molecule has 1 atom stereocenters. The molecule has 0 aliphatic heterocycles. The number of carbonyl (C=O) groups excluding carboxylic acids is 1. The standard InChI is InChI=1S/C17H18FNO3S/c1-12(11-13-7-3-4-8-14(13)18)17(20)19-15-9-5-6-10-16(15)23(2,21)22/h3-10,12H,11H2,1-2H3,(H,19,20). The molecule has 0 saturated heterocycles. The first-order valence-electron chi connectivity index (χ1n) is 7.12. The molecule has 1 amide bonds. The van der Waals surface area contributed by atoms with Crippen LogP contribution >= 0.6 is 0 Å². The number of carbonyl (C=O) groups is 1. The van der Waals surface area contributed by atoms with E-state index >= 15 is 0 Å². The Balaban J connectivity index is 2.15. The maximum absolute atomic E-state index is 13.6. The summed E-state index contributed by atoms with van der Waals surface area (Å²) in [4.78, 5) is 12.3. The molecule has 2 aromatic carbocycles. The largest absolute Gasteiger partial charge is 0.325 e. The van der Waals surface area contributed by atoms with Gasteiger partial charge < -0.3 is 5.32 Å². The summed E-state index contributed by atoms with van der Waals surface area (Å²) >= 11 is 0. The number of benzene rings is 2. The Morgan fingerprint density at radius 3 is 2.39 bits per heavy atom. The van der Waals surface area contributed by atoms with E-state index in [1.54, 1.807) is 37.3 Å². The van der Waals surface area contributed by atoms with Gasteiger partial charge in [0.2, 0.25) is 5.91 Å². The summed E-state index contributed by atoms with van der Waals surface area (Å²) in [6, 6.07) is 12.5. The number of amides is 1. The van der Waals surface area contributed by atoms with Crippen LogP contribution in [-0.4, -0.2) is 20.6 Å². The van der Waals surface area contributed by atoms with Crippen LogP contribution in [0.15, 0.2) is 53.4 Å². The fraction of sp³-hybridized carbons (Fsp3) is 0.235. The molecule has 0 aromatic heterocycles. The topological polar surface area (TPSA) is 63.2 Å². The van der Waals surface area contributed by atoms with Gasteiger partial charge in [0.1, 0.15) is 5.82 Å².